The smallest absolute Gasteiger partial charge is 0.264 e. The first-order chi connectivity index (χ1) is 12.8. The van der Waals surface area contributed by atoms with Crippen LogP contribution in [0.4, 0.5) is 5.69 Å². The Morgan fingerprint density at radius 1 is 1.04 bits per heavy atom. The SMILES string of the molecule is Cc1cc(C)c(NC(=O)CN(C)C(=O)c2cc3c(s2)CCCCC3)c(C)c1. The summed E-state index contributed by atoms with van der Waals surface area (Å²) < 4.78 is 0. The molecule has 0 unspecified atom stereocenters. The molecule has 1 heterocycles. The van der Waals surface area contributed by atoms with Gasteiger partial charge in [0.15, 0.2) is 0 Å². The van der Waals surface area contributed by atoms with E-state index >= 15 is 0 Å². The van der Waals surface area contributed by atoms with Gasteiger partial charge in [-0.25, -0.2) is 0 Å². The van der Waals surface area contributed by atoms with E-state index in [1.807, 2.05) is 26.8 Å². The lowest BCUT2D eigenvalue weighted by Gasteiger charge is -2.18. The highest BCUT2D eigenvalue weighted by atomic mass is 32.1. The molecule has 0 spiro atoms. The van der Waals surface area contributed by atoms with Gasteiger partial charge in [-0.1, -0.05) is 24.1 Å². The van der Waals surface area contributed by atoms with E-state index in [2.05, 4.69) is 17.4 Å². The van der Waals surface area contributed by atoms with Crippen LogP contribution >= 0.6 is 11.3 Å². The van der Waals surface area contributed by atoms with Crippen LogP contribution in [0.1, 0.15) is 56.1 Å². The van der Waals surface area contributed by atoms with E-state index in [9.17, 15) is 9.59 Å². The van der Waals surface area contributed by atoms with Gasteiger partial charge in [-0.05, 0) is 69.2 Å². The van der Waals surface area contributed by atoms with Crippen LogP contribution in [0.25, 0.3) is 0 Å². The molecule has 144 valence electrons. The van der Waals surface area contributed by atoms with Gasteiger partial charge in [-0.3, -0.25) is 9.59 Å². The molecule has 0 atom stereocenters. The lowest BCUT2D eigenvalue weighted by molar-refractivity contribution is -0.116. The zero-order valence-electron chi connectivity index (χ0n) is 16.6. The van der Waals surface area contributed by atoms with Crippen molar-refractivity contribution in [1.82, 2.24) is 4.90 Å². The number of likely N-dealkylation sites (N-methyl/N-ethyl adjacent to an activating group) is 1. The summed E-state index contributed by atoms with van der Waals surface area (Å²) in [5.41, 5.74) is 5.42. The summed E-state index contributed by atoms with van der Waals surface area (Å²) in [5, 5.41) is 2.97. The van der Waals surface area contributed by atoms with Gasteiger partial charge in [0.05, 0.1) is 11.4 Å². The molecule has 1 aliphatic carbocycles. The molecule has 0 bridgehead atoms. The fraction of sp³-hybridized carbons (Fsp3) is 0.455. The largest absolute Gasteiger partial charge is 0.332 e. The second kappa shape index (κ2) is 8.26. The molecule has 0 saturated heterocycles. The number of benzene rings is 1. The van der Waals surface area contributed by atoms with Crippen molar-refractivity contribution in [3.8, 4) is 0 Å². The van der Waals surface area contributed by atoms with Crippen molar-refractivity contribution in [3.05, 3.63) is 50.2 Å². The molecule has 2 aromatic rings. The number of anilines is 1. The van der Waals surface area contributed by atoms with Crippen molar-refractivity contribution < 1.29 is 9.59 Å². The van der Waals surface area contributed by atoms with E-state index in [-0.39, 0.29) is 18.4 Å². The molecule has 1 aliphatic rings. The number of thiophene rings is 1. The average molecular weight is 385 g/mol. The van der Waals surface area contributed by atoms with Crippen LogP contribution in [0, 0.1) is 20.8 Å². The van der Waals surface area contributed by atoms with Crippen LogP contribution in [-0.4, -0.2) is 30.3 Å². The monoisotopic (exact) mass is 384 g/mol. The minimum atomic E-state index is -0.168. The summed E-state index contributed by atoms with van der Waals surface area (Å²) in [6.07, 6.45) is 5.81. The summed E-state index contributed by atoms with van der Waals surface area (Å²) in [5.74, 6) is -0.236. The Kier molecular flexibility index (Phi) is 6.00. The number of amides is 2. The number of rotatable bonds is 4. The van der Waals surface area contributed by atoms with Crippen molar-refractivity contribution in [2.75, 3.05) is 18.9 Å². The van der Waals surface area contributed by atoms with Gasteiger partial charge < -0.3 is 10.2 Å². The highest BCUT2D eigenvalue weighted by molar-refractivity contribution is 7.14. The Balaban J connectivity index is 1.65. The van der Waals surface area contributed by atoms with Gasteiger partial charge in [0.1, 0.15) is 0 Å². The predicted molar refractivity (Wildman–Crippen MR) is 112 cm³/mol. The average Bonchev–Trinajstić information content (AvgIpc) is 2.88. The van der Waals surface area contributed by atoms with Gasteiger partial charge in [0.25, 0.3) is 5.91 Å². The topological polar surface area (TPSA) is 49.4 Å². The number of hydrogen-bond acceptors (Lipinski definition) is 3. The maximum Gasteiger partial charge on any atom is 0.264 e. The third-order valence-corrected chi connectivity index (χ3v) is 6.35. The van der Waals surface area contributed by atoms with Crippen LogP contribution in [0.5, 0.6) is 0 Å². The van der Waals surface area contributed by atoms with E-state index in [0.29, 0.717) is 0 Å². The lowest BCUT2D eigenvalue weighted by atomic mass is 10.1. The molecular formula is C22H28N2O2S. The van der Waals surface area contributed by atoms with E-state index in [4.69, 9.17) is 0 Å². The molecule has 0 radical (unpaired) electrons. The van der Waals surface area contributed by atoms with E-state index in [1.54, 1.807) is 18.4 Å². The molecule has 2 amide bonds. The van der Waals surface area contributed by atoms with Crippen molar-refractivity contribution in [2.45, 2.75) is 52.9 Å². The molecule has 1 aromatic heterocycles. The molecule has 27 heavy (non-hydrogen) atoms. The number of aryl methyl sites for hydroxylation is 5. The van der Waals surface area contributed by atoms with Crippen LogP contribution < -0.4 is 5.32 Å². The minimum absolute atomic E-state index is 0.0498. The van der Waals surface area contributed by atoms with Crippen LogP contribution in [0.2, 0.25) is 0 Å². The van der Waals surface area contributed by atoms with Crippen LogP contribution in [-0.2, 0) is 17.6 Å². The van der Waals surface area contributed by atoms with E-state index in [1.165, 1.54) is 40.2 Å². The van der Waals surface area contributed by atoms with Gasteiger partial charge in [0, 0.05) is 17.6 Å². The molecule has 1 aromatic carbocycles. The van der Waals surface area contributed by atoms with Gasteiger partial charge in [-0.2, -0.15) is 0 Å². The third-order valence-electron chi connectivity index (χ3n) is 5.13. The molecule has 4 nitrogen and oxygen atoms in total. The number of carbonyl (C=O) groups excluding carboxylic acids is 2. The summed E-state index contributed by atoms with van der Waals surface area (Å²) >= 11 is 1.60. The second-order valence-corrected chi connectivity index (χ2v) is 8.74. The quantitative estimate of drug-likeness (QED) is 0.780. The van der Waals surface area contributed by atoms with Crippen molar-refractivity contribution >= 4 is 28.8 Å². The number of carbonyl (C=O) groups is 2. The first-order valence-electron chi connectivity index (χ1n) is 9.60. The Morgan fingerprint density at radius 2 is 1.70 bits per heavy atom. The third kappa shape index (κ3) is 4.59. The maximum atomic E-state index is 12.8. The number of nitrogens with one attached hydrogen (secondary N) is 1. The fourth-order valence-corrected chi connectivity index (χ4v) is 5.05. The summed E-state index contributed by atoms with van der Waals surface area (Å²) in [6, 6.07) is 6.14. The fourth-order valence-electron chi connectivity index (χ4n) is 3.80. The molecule has 3 rings (SSSR count). The Morgan fingerprint density at radius 3 is 2.41 bits per heavy atom. The molecule has 0 saturated carbocycles. The zero-order chi connectivity index (χ0) is 19.6. The van der Waals surface area contributed by atoms with Crippen molar-refractivity contribution in [3.63, 3.8) is 0 Å². The second-order valence-electron chi connectivity index (χ2n) is 7.60. The van der Waals surface area contributed by atoms with Crippen LogP contribution in [0.3, 0.4) is 0 Å². The zero-order valence-corrected chi connectivity index (χ0v) is 17.5. The number of nitrogens with zero attached hydrogens (tertiary/aromatic N) is 1. The van der Waals surface area contributed by atoms with Crippen molar-refractivity contribution in [2.24, 2.45) is 0 Å². The van der Waals surface area contributed by atoms with Crippen molar-refractivity contribution in [1.29, 1.82) is 0 Å². The number of fused-ring (bicyclic) bond motifs is 1. The predicted octanol–water partition coefficient (Wildman–Crippen LogP) is 4.65. The minimum Gasteiger partial charge on any atom is -0.332 e. The molecule has 1 N–H and O–H groups in total. The summed E-state index contributed by atoms with van der Waals surface area (Å²) in [4.78, 5) is 28.9. The Hall–Kier alpha value is -2.14. The molecule has 0 aliphatic heterocycles. The highest BCUT2D eigenvalue weighted by Crippen LogP contribution is 2.29. The van der Waals surface area contributed by atoms with Gasteiger partial charge in [-0.15, -0.1) is 11.3 Å². The van der Waals surface area contributed by atoms with Crippen LogP contribution in [0.15, 0.2) is 18.2 Å². The normalized spacial score (nSPS) is 13.6. The standard InChI is InChI=1S/C22H28N2O2S/c1-14-10-15(2)21(16(3)11-14)23-20(25)13-24(4)22(26)19-12-17-8-6-5-7-9-18(17)27-19/h10-12H,5-9,13H2,1-4H3,(H,23,25). The molecule has 5 heteroatoms. The molecule has 0 fully saturated rings. The first-order valence-corrected chi connectivity index (χ1v) is 10.4. The lowest BCUT2D eigenvalue weighted by Crippen LogP contribution is -2.34. The van der Waals surface area contributed by atoms with E-state index < -0.39 is 0 Å². The Labute approximate surface area is 165 Å². The van der Waals surface area contributed by atoms with Gasteiger partial charge >= 0.3 is 0 Å². The summed E-state index contributed by atoms with van der Waals surface area (Å²) in [7, 11) is 1.70. The highest BCUT2D eigenvalue weighted by Gasteiger charge is 2.21. The van der Waals surface area contributed by atoms with E-state index in [0.717, 1.165) is 34.5 Å². The Bertz CT molecular complexity index is 823. The number of hydrogen-bond donors (Lipinski definition) is 1. The maximum absolute atomic E-state index is 12.8. The summed E-state index contributed by atoms with van der Waals surface area (Å²) in [6.45, 7) is 6.07. The van der Waals surface area contributed by atoms with Gasteiger partial charge in [0.2, 0.25) is 5.91 Å². The first kappa shape index (κ1) is 19.6. The molecular weight excluding hydrogens is 356 g/mol.